The molecule has 0 amide bonds. The summed E-state index contributed by atoms with van der Waals surface area (Å²) in [5.41, 5.74) is 7.65. The number of ether oxygens (including phenoxy) is 1. The van der Waals surface area contributed by atoms with E-state index in [0.29, 0.717) is 24.0 Å². The minimum atomic E-state index is 0.105. The molecule has 0 aromatic heterocycles. The summed E-state index contributed by atoms with van der Waals surface area (Å²) >= 11 is 0. The van der Waals surface area contributed by atoms with E-state index in [2.05, 4.69) is 50.2 Å². The van der Waals surface area contributed by atoms with Crippen molar-refractivity contribution in [2.75, 3.05) is 26.1 Å². The first-order chi connectivity index (χ1) is 14.9. The predicted octanol–water partition coefficient (Wildman–Crippen LogP) is 5.67. The van der Waals surface area contributed by atoms with Crippen LogP contribution in [0.25, 0.3) is 0 Å². The smallest absolute Gasteiger partial charge is 0.156 e. The Bertz CT molecular complexity index is 998. The highest BCUT2D eigenvalue weighted by Gasteiger charge is 2.75. The molecule has 0 radical (unpaired) electrons. The number of nitrogens with zero attached hydrogens (tertiary/aromatic N) is 1. The molecule has 0 bridgehead atoms. The second-order valence-electron chi connectivity index (χ2n) is 11.2. The van der Waals surface area contributed by atoms with Gasteiger partial charge in [-0.2, -0.15) is 0 Å². The highest BCUT2D eigenvalue weighted by molar-refractivity contribution is 5.93. The summed E-state index contributed by atoms with van der Waals surface area (Å²) in [7, 11) is 6.16. The lowest BCUT2D eigenvalue weighted by atomic mass is 9.51. The van der Waals surface area contributed by atoms with Gasteiger partial charge in [0.05, 0.1) is 5.60 Å². The van der Waals surface area contributed by atoms with Crippen LogP contribution in [0.1, 0.15) is 63.4 Å². The fourth-order valence-electron chi connectivity index (χ4n) is 8.30. The SMILES string of the molecule is CO[C@@]12C[C@@H]1C[C@H]1[C@@H]3CCC4=CC(=O)CCC4=C3[C@@H](c3ccc(N(C)C)cc3)C[C@@]12C. The number of ketones is 1. The molecule has 3 heteroatoms. The topological polar surface area (TPSA) is 29.5 Å². The number of hydrogen-bond acceptors (Lipinski definition) is 3. The first-order valence-corrected chi connectivity index (χ1v) is 12.2. The third kappa shape index (κ3) is 2.59. The van der Waals surface area contributed by atoms with Crippen molar-refractivity contribution in [2.45, 2.75) is 63.4 Å². The molecule has 6 atom stereocenters. The summed E-state index contributed by atoms with van der Waals surface area (Å²) in [6.45, 7) is 2.55. The van der Waals surface area contributed by atoms with Crippen molar-refractivity contribution in [1.29, 1.82) is 0 Å². The van der Waals surface area contributed by atoms with Gasteiger partial charge in [0.25, 0.3) is 0 Å². The van der Waals surface area contributed by atoms with Gasteiger partial charge in [-0.1, -0.05) is 24.6 Å². The molecule has 164 valence electrons. The maximum absolute atomic E-state index is 12.2. The molecule has 5 aliphatic rings. The Morgan fingerprint density at radius 1 is 1.06 bits per heavy atom. The van der Waals surface area contributed by atoms with Crippen LogP contribution in [-0.2, 0) is 9.53 Å². The summed E-state index contributed by atoms with van der Waals surface area (Å²) in [5, 5.41) is 0. The van der Waals surface area contributed by atoms with Crippen LogP contribution >= 0.6 is 0 Å². The largest absolute Gasteiger partial charge is 0.378 e. The molecule has 0 aliphatic heterocycles. The molecule has 3 nitrogen and oxygen atoms in total. The summed E-state index contributed by atoms with van der Waals surface area (Å²) in [4.78, 5) is 14.3. The number of benzene rings is 1. The molecular weight excluding hydrogens is 382 g/mol. The fraction of sp³-hybridized carbons (Fsp3) is 0.607. The highest BCUT2D eigenvalue weighted by atomic mass is 16.5. The van der Waals surface area contributed by atoms with Gasteiger partial charge < -0.3 is 9.64 Å². The zero-order chi connectivity index (χ0) is 21.5. The van der Waals surface area contributed by atoms with Crippen LogP contribution in [0.5, 0.6) is 0 Å². The third-order valence-electron chi connectivity index (χ3n) is 9.85. The number of hydrogen-bond donors (Lipinski definition) is 0. The van der Waals surface area contributed by atoms with Crippen molar-refractivity contribution < 1.29 is 9.53 Å². The average Bonchev–Trinajstić information content (AvgIpc) is 3.44. The van der Waals surface area contributed by atoms with Gasteiger partial charge in [-0.3, -0.25) is 4.79 Å². The lowest BCUT2D eigenvalue weighted by Gasteiger charge is -2.54. The Balaban J connectivity index is 1.50. The van der Waals surface area contributed by atoms with Crippen LogP contribution in [0, 0.1) is 23.2 Å². The Morgan fingerprint density at radius 2 is 1.84 bits per heavy atom. The Morgan fingerprint density at radius 3 is 2.55 bits per heavy atom. The van der Waals surface area contributed by atoms with Gasteiger partial charge in [-0.25, -0.2) is 0 Å². The van der Waals surface area contributed by atoms with Crippen molar-refractivity contribution >= 4 is 11.5 Å². The van der Waals surface area contributed by atoms with E-state index in [4.69, 9.17) is 4.74 Å². The number of allylic oxidation sites excluding steroid dienone is 4. The lowest BCUT2D eigenvalue weighted by molar-refractivity contribution is -0.114. The van der Waals surface area contributed by atoms with E-state index in [1.807, 2.05) is 13.2 Å². The van der Waals surface area contributed by atoms with Crippen molar-refractivity contribution in [2.24, 2.45) is 23.2 Å². The second kappa shape index (κ2) is 6.57. The van der Waals surface area contributed by atoms with Crippen molar-refractivity contribution in [3.05, 3.63) is 52.6 Å². The zero-order valence-electron chi connectivity index (χ0n) is 19.4. The quantitative estimate of drug-likeness (QED) is 0.635. The first kappa shape index (κ1) is 19.8. The van der Waals surface area contributed by atoms with Crippen LogP contribution in [-0.4, -0.2) is 32.6 Å². The maximum atomic E-state index is 12.2. The predicted molar refractivity (Wildman–Crippen MR) is 124 cm³/mol. The highest BCUT2D eigenvalue weighted by Crippen LogP contribution is 2.77. The summed E-state index contributed by atoms with van der Waals surface area (Å²) in [6, 6.07) is 9.27. The van der Waals surface area contributed by atoms with Crippen LogP contribution in [0.3, 0.4) is 0 Å². The molecular formula is C28H35NO2. The van der Waals surface area contributed by atoms with Gasteiger partial charge in [0.2, 0.25) is 0 Å². The number of carbonyl (C=O) groups excluding carboxylic acids is 1. The van der Waals surface area contributed by atoms with Gasteiger partial charge in [0, 0.05) is 44.6 Å². The van der Waals surface area contributed by atoms with Crippen LogP contribution in [0.15, 0.2) is 47.1 Å². The number of methoxy groups -OCH3 is 1. The van der Waals surface area contributed by atoms with E-state index in [1.54, 1.807) is 11.1 Å². The molecule has 3 saturated carbocycles. The third-order valence-corrected chi connectivity index (χ3v) is 9.85. The van der Waals surface area contributed by atoms with Gasteiger partial charge in [-0.15, -0.1) is 0 Å². The average molecular weight is 418 g/mol. The number of fused-ring (bicyclic) bond motifs is 6. The number of rotatable bonds is 3. The summed E-state index contributed by atoms with van der Waals surface area (Å²) in [5.74, 6) is 2.90. The zero-order valence-corrected chi connectivity index (χ0v) is 19.4. The number of carbonyl (C=O) groups is 1. The molecule has 0 saturated heterocycles. The van der Waals surface area contributed by atoms with Crippen molar-refractivity contribution in [1.82, 2.24) is 0 Å². The molecule has 3 fully saturated rings. The monoisotopic (exact) mass is 417 g/mol. The van der Waals surface area contributed by atoms with E-state index in [1.165, 1.54) is 42.5 Å². The van der Waals surface area contributed by atoms with Crippen LogP contribution < -0.4 is 4.90 Å². The van der Waals surface area contributed by atoms with Gasteiger partial charge in [-0.05, 0) is 91.2 Å². The summed E-state index contributed by atoms with van der Waals surface area (Å²) < 4.78 is 6.30. The van der Waals surface area contributed by atoms with Gasteiger partial charge in [0.15, 0.2) is 5.78 Å². The normalized spacial score (nSPS) is 40.5. The first-order valence-electron chi connectivity index (χ1n) is 12.2. The van der Waals surface area contributed by atoms with E-state index < -0.39 is 0 Å². The lowest BCUT2D eigenvalue weighted by Crippen LogP contribution is -2.48. The van der Waals surface area contributed by atoms with E-state index in [9.17, 15) is 4.79 Å². The van der Waals surface area contributed by atoms with Gasteiger partial charge in [0.1, 0.15) is 0 Å². The Hall–Kier alpha value is -1.87. The van der Waals surface area contributed by atoms with Crippen LogP contribution in [0.4, 0.5) is 5.69 Å². The fourth-order valence-corrected chi connectivity index (χ4v) is 8.30. The Kier molecular flexibility index (Phi) is 4.19. The minimum Gasteiger partial charge on any atom is -0.378 e. The van der Waals surface area contributed by atoms with Gasteiger partial charge >= 0.3 is 0 Å². The second-order valence-corrected chi connectivity index (χ2v) is 11.2. The number of anilines is 1. The molecule has 1 aromatic carbocycles. The van der Waals surface area contributed by atoms with E-state index in [-0.39, 0.29) is 11.0 Å². The summed E-state index contributed by atoms with van der Waals surface area (Å²) in [6.07, 6.45) is 9.66. The Labute approximate surface area is 186 Å². The molecule has 5 aliphatic carbocycles. The molecule has 0 N–H and O–H groups in total. The molecule has 0 heterocycles. The minimum absolute atomic E-state index is 0.105. The van der Waals surface area contributed by atoms with Crippen molar-refractivity contribution in [3.8, 4) is 0 Å². The molecule has 6 rings (SSSR count). The van der Waals surface area contributed by atoms with E-state index in [0.717, 1.165) is 24.7 Å². The van der Waals surface area contributed by atoms with Crippen LogP contribution in [0.2, 0.25) is 0 Å². The standard InChI is InChI=1S/C28H35NO2/c1-27-16-24(17-5-8-20(9-6-17)29(2)3)26-22-12-10-21(30)13-18(22)7-11-23(26)25(27)14-19-15-28(19,27)31-4/h5-6,8-9,13,19,23-25H,7,10-12,14-16H2,1-4H3/t19-,23-,24+,25-,27-,28-/m0/s1. The molecule has 0 spiro atoms. The molecule has 31 heavy (non-hydrogen) atoms. The van der Waals surface area contributed by atoms with E-state index >= 15 is 0 Å². The maximum Gasteiger partial charge on any atom is 0.156 e. The molecule has 1 aromatic rings. The van der Waals surface area contributed by atoms with Crippen molar-refractivity contribution in [3.63, 3.8) is 0 Å². The molecule has 0 unspecified atom stereocenters.